The highest BCUT2D eigenvalue weighted by atomic mass is 16.4. The fraction of sp³-hybridized carbons (Fsp3) is 0.450. The molecule has 1 aliphatic heterocycles. The number of carbonyl (C=O) groups is 3. The van der Waals surface area contributed by atoms with E-state index in [4.69, 9.17) is 0 Å². The van der Waals surface area contributed by atoms with Gasteiger partial charge in [0.25, 0.3) is 0 Å². The number of fused-ring (bicyclic) bond motifs is 2. The van der Waals surface area contributed by atoms with Crippen LogP contribution in [0, 0.1) is 6.92 Å². The fourth-order valence-electron chi connectivity index (χ4n) is 4.04. The maximum Gasteiger partial charge on any atom is 0.328 e. The summed E-state index contributed by atoms with van der Waals surface area (Å²) < 4.78 is 1.72. The molecule has 0 radical (unpaired) electrons. The van der Waals surface area contributed by atoms with E-state index in [9.17, 15) is 19.5 Å². The monoisotopic (exact) mass is 382 g/mol. The van der Waals surface area contributed by atoms with Crippen LogP contribution in [-0.2, 0) is 35.5 Å². The first-order chi connectivity index (χ1) is 13.4. The summed E-state index contributed by atoms with van der Waals surface area (Å²) in [6.07, 6.45) is 3.20. The topological polar surface area (TPSA) is 105 Å². The molecule has 1 amide bonds. The highest BCUT2D eigenvalue weighted by Gasteiger charge is 2.36. The third-order valence-electron chi connectivity index (χ3n) is 5.65. The summed E-state index contributed by atoms with van der Waals surface area (Å²) in [5.74, 6) is -0.328. The molecule has 1 N–H and O–H groups in total. The normalized spacial score (nSPS) is 17.9. The second kappa shape index (κ2) is 7.18. The third kappa shape index (κ3) is 3.30. The zero-order chi connectivity index (χ0) is 19.8. The second-order valence-corrected chi connectivity index (χ2v) is 7.41. The average Bonchev–Trinajstić information content (AvgIpc) is 3.30. The molecule has 0 spiro atoms. The minimum Gasteiger partial charge on any atom is -0.480 e. The van der Waals surface area contributed by atoms with E-state index in [0.717, 1.165) is 19.3 Å². The van der Waals surface area contributed by atoms with Gasteiger partial charge >= 0.3 is 5.97 Å². The smallest absolute Gasteiger partial charge is 0.328 e. The van der Waals surface area contributed by atoms with Gasteiger partial charge in [-0.2, -0.15) is 0 Å². The number of aryl methyl sites for hydroxylation is 3. The van der Waals surface area contributed by atoms with Gasteiger partial charge in [-0.25, -0.2) is 4.79 Å². The lowest BCUT2D eigenvalue weighted by Gasteiger charge is -2.33. The molecule has 0 saturated heterocycles. The van der Waals surface area contributed by atoms with Gasteiger partial charge < -0.3 is 14.6 Å². The number of aliphatic carboxylic acids is 1. The van der Waals surface area contributed by atoms with Crippen LogP contribution in [-0.4, -0.2) is 48.5 Å². The van der Waals surface area contributed by atoms with Crippen LogP contribution in [0.3, 0.4) is 0 Å². The molecule has 1 aromatic carbocycles. The van der Waals surface area contributed by atoms with Gasteiger partial charge in [0.1, 0.15) is 11.9 Å². The van der Waals surface area contributed by atoms with Crippen molar-refractivity contribution in [3.63, 3.8) is 0 Å². The molecule has 0 fully saturated rings. The Balaban J connectivity index is 1.44. The average molecular weight is 382 g/mol. The Morgan fingerprint density at radius 1 is 1.14 bits per heavy atom. The molecule has 146 valence electrons. The summed E-state index contributed by atoms with van der Waals surface area (Å²) in [6.45, 7) is 1.96. The van der Waals surface area contributed by atoms with E-state index in [1.165, 1.54) is 16.0 Å². The zero-order valence-electron chi connectivity index (χ0n) is 15.7. The Hall–Kier alpha value is -3.03. The largest absolute Gasteiger partial charge is 0.480 e. The maximum absolute atomic E-state index is 12.7. The SMILES string of the molecule is Cc1nnc2n1CC(C(=O)O)N(C(=O)CCC(=O)c1ccc3c(c1)CCC3)C2. The van der Waals surface area contributed by atoms with Gasteiger partial charge in [-0.05, 0) is 43.4 Å². The molecule has 1 aromatic heterocycles. The first-order valence-corrected chi connectivity index (χ1v) is 9.50. The van der Waals surface area contributed by atoms with Crippen molar-refractivity contribution in [2.75, 3.05) is 0 Å². The number of hydrogen-bond acceptors (Lipinski definition) is 5. The van der Waals surface area contributed by atoms with Gasteiger partial charge in [-0.3, -0.25) is 9.59 Å². The standard InChI is InChI=1S/C20H22N4O4/c1-12-21-22-18-11-24(16(20(27)28)10-23(12)18)19(26)8-7-17(25)15-6-5-13-3-2-4-14(13)9-15/h5-6,9,16H,2-4,7-8,10-11H2,1H3,(H,27,28). The van der Waals surface area contributed by atoms with Crippen molar-refractivity contribution in [1.29, 1.82) is 0 Å². The molecule has 2 aromatic rings. The molecule has 8 nitrogen and oxygen atoms in total. The highest BCUT2D eigenvalue weighted by Crippen LogP contribution is 2.24. The number of carboxylic acids is 1. The molecule has 28 heavy (non-hydrogen) atoms. The van der Waals surface area contributed by atoms with Crippen LogP contribution in [0.15, 0.2) is 18.2 Å². The Labute approximate surface area is 162 Å². The molecule has 4 rings (SSSR count). The van der Waals surface area contributed by atoms with Gasteiger partial charge in [0, 0.05) is 18.4 Å². The van der Waals surface area contributed by atoms with E-state index >= 15 is 0 Å². The van der Waals surface area contributed by atoms with Crippen molar-refractivity contribution < 1.29 is 19.5 Å². The predicted octanol–water partition coefficient (Wildman–Crippen LogP) is 1.53. The predicted molar refractivity (Wildman–Crippen MR) is 98.8 cm³/mol. The Morgan fingerprint density at radius 2 is 1.93 bits per heavy atom. The van der Waals surface area contributed by atoms with Crippen molar-refractivity contribution in [2.45, 2.75) is 58.2 Å². The minimum atomic E-state index is -1.07. The van der Waals surface area contributed by atoms with E-state index in [0.29, 0.717) is 17.2 Å². The lowest BCUT2D eigenvalue weighted by atomic mass is 10.0. The number of benzene rings is 1. The number of hydrogen-bond donors (Lipinski definition) is 1. The number of nitrogens with zero attached hydrogens (tertiary/aromatic N) is 4. The molecule has 1 unspecified atom stereocenters. The molecular weight excluding hydrogens is 360 g/mol. The summed E-state index contributed by atoms with van der Waals surface area (Å²) in [5.41, 5.74) is 3.13. The number of rotatable bonds is 5. The second-order valence-electron chi connectivity index (χ2n) is 7.41. The molecule has 0 saturated carbocycles. The summed E-state index contributed by atoms with van der Waals surface area (Å²) in [7, 11) is 0. The van der Waals surface area contributed by atoms with Gasteiger partial charge in [0.05, 0.1) is 13.1 Å². The van der Waals surface area contributed by atoms with Crippen LogP contribution in [0.4, 0.5) is 0 Å². The Kier molecular flexibility index (Phi) is 4.70. The van der Waals surface area contributed by atoms with Crippen molar-refractivity contribution >= 4 is 17.7 Å². The van der Waals surface area contributed by atoms with Crippen molar-refractivity contribution in [2.24, 2.45) is 0 Å². The zero-order valence-corrected chi connectivity index (χ0v) is 15.7. The van der Waals surface area contributed by atoms with Crippen LogP contribution in [0.2, 0.25) is 0 Å². The van der Waals surface area contributed by atoms with E-state index in [1.54, 1.807) is 11.5 Å². The van der Waals surface area contributed by atoms with Crippen molar-refractivity contribution in [1.82, 2.24) is 19.7 Å². The minimum absolute atomic E-state index is 0.0210. The van der Waals surface area contributed by atoms with Gasteiger partial charge in [0.2, 0.25) is 5.91 Å². The van der Waals surface area contributed by atoms with Gasteiger partial charge in [-0.15, -0.1) is 10.2 Å². The first kappa shape index (κ1) is 18.3. The van der Waals surface area contributed by atoms with Crippen molar-refractivity contribution in [3.8, 4) is 0 Å². The third-order valence-corrected chi connectivity index (χ3v) is 5.65. The molecular formula is C20H22N4O4. The van der Waals surface area contributed by atoms with Crippen LogP contribution in [0.25, 0.3) is 0 Å². The van der Waals surface area contributed by atoms with Crippen LogP contribution in [0.1, 0.15) is 52.4 Å². The number of ketones is 1. The van der Waals surface area contributed by atoms with Crippen LogP contribution in [0.5, 0.6) is 0 Å². The van der Waals surface area contributed by atoms with Crippen LogP contribution >= 0.6 is 0 Å². The molecule has 2 heterocycles. The van der Waals surface area contributed by atoms with E-state index in [2.05, 4.69) is 10.2 Å². The summed E-state index contributed by atoms with van der Waals surface area (Å²) in [4.78, 5) is 38.2. The quantitative estimate of drug-likeness (QED) is 0.787. The van der Waals surface area contributed by atoms with Crippen LogP contribution < -0.4 is 0 Å². The Morgan fingerprint density at radius 3 is 2.71 bits per heavy atom. The number of Topliss-reactive ketones (excluding diaryl/α,β-unsaturated/α-hetero) is 1. The molecule has 1 aliphatic carbocycles. The summed E-state index contributed by atoms with van der Waals surface area (Å²) in [5, 5.41) is 17.5. The lowest BCUT2D eigenvalue weighted by molar-refractivity contribution is -0.152. The van der Waals surface area contributed by atoms with Gasteiger partial charge in [-0.1, -0.05) is 12.1 Å². The molecule has 8 heteroatoms. The van der Waals surface area contributed by atoms with Gasteiger partial charge in [0.15, 0.2) is 11.6 Å². The highest BCUT2D eigenvalue weighted by molar-refractivity contribution is 5.98. The molecule has 0 bridgehead atoms. The van der Waals surface area contributed by atoms with E-state index < -0.39 is 12.0 Å². The number of carbonyl (C=O) groups excluding carboxylic acids is 2. The Bertz CT molecular complexity index is 965. The summed E-state index contributed by atoms with van der Waals surface area (Å²) >= 11 is 0. The molecule has 2 aliphatic rings. The van der Waals surface area contributed by atoms with Crippen molar-refractivity contribution in [3.05, 3.63) is 46.5 Å². The van der Waals surface area contributed by atoms with E-state index in [-0.39, 0.29) is 37.6 Å². The maximum atomic E-state index is 12.7. The fourth-order valence-corrected chi connectivity index (χ4v) is 4.04. The summed E-state index contributed by atoms with van der Waals surface area (Å²) in [6, 6.07) is 4.77. The number of carboxylic acid groups (broad SMARTS) is 1. The van der Waals surface area contributed by atoms with E-state index in [1.807, 2.05) is 18.2 Å². The first-order valence-electron chi connectivity index (χ1n) is 9.50. The lowest BCUT2D eigenvalue weighted by Crippen LogP contribution is -2.50. The molecule has 1 atom stereocenters. The number of amides is 1. The number of aromatic nitrogens is 3.